The van der Waals surface area contributed by atoms with Gasteiger partial charge in [-0.15, -0.1) is 0 Å². The fraction of sp³-hybridized carbons (Fsp3) is 0.625. The van der Waals surface area contributed by atoms with Crippen LogP contribution in [0.5, 0.6) is 0 Å². The van der Waals surface area contributed by atoms with Crippen molar-refractivity contribution in [2.24, 2.45) is 12.5 Å². The number of hydrogen-bond acceptors (Lipinski definition) is 2. The molecule has 1 aliphatic rings. The molecule has 0 aliphatic carbocycles. The summed E-state index contributed by atoms with van der Waals surface area (Å²) < 4.78 is 1.86. The Kier molecular flexibility index (Phi) is 4.40. The van der Waals surface area contributed by atoms with Crippen LogP contribution in [0, 0.1) is 12.3 Å². The molecule has 1 aromatic heterocycles. The largest absolute Gasteiger partial charge is 0.481 e. The molecular formula is C16H24N2O3. The zero-order valence-electron chi connectivity index (χ0n) is 13.1. The monoisotopic (exact) mass is 292 g/mol. The molecule has 0 aromatic carbocycles. The number of carboxylic acids is 1. The second kappa shape index (κ2) is 5.92. The Morgan fingerprint density at radius 2 is 2.10 bits per heavy atom. The van der Waals surface area contributed by atoms with E-state index in [1.54, 1.807) is 4.90 Å². The van der Waals surface area contributed by atoms with Gasteiger partial charge in [-0.3, -0.25) is 9.59 Å². The van der Waals surface area contributed by atoms with Gasteiger partial charge in [-0.25, -0.2) is 0 Å². The van der Waals surface area contributed by atoms with Crippen LogP contribution in [0.15, 0.2) is 12.1 Å². The third-order valence-corrected chi connectivity index (χ3v) is 4.64. The molecule has 2 rings (SSSR count). The van der Waals surface area contributed by atoms with Crippen LogP contribution >= 0.6 is 0 Å². The fourth-order valence-electron chi connectivity index (χ4n) is 3.26. The second-order valence-electron chi connectivity index (χ2n) is 6.08. The van der Waals surface area contributed by atoms with E-state index < -0.39 is 11.4 Å². The van der Waals surface area contributed by atoms with Crippen molar-refractivity contribution in [1.82, 2.24) is 9.47 Å². The van der Waals surface area contributed by atoms with Crippen LogP contribution in [-0.2, 0) is 11.8 Å². The van der Waals surface area contributed by atoms with E-state index in [1.807, 2.05) is 37.6 Å². The molecule has 0 bridgehead atoms. The summed E-state index contributed by atoms with van der Waals surface area (Å²) >= 11 is 0. The second-order valence-corrected chi connectivity index (χ2v) is 6.08. The molecule has 2 heterocycles. The number of carboxylic acid groups (broad SMARTS) is 1. The number of piperidine rings is 1. The number of carbonyl (C=O) groups excluding carboxylic acids is 1. The van der Waals surface area contributed by atoms with Crippen molar-refractivity contribution in [3.63, 3.8) is 0 Å². The van der Waals surface area contributed by atoms with E-state index in [0.717, 1.165) is 18.5 Å². The number of nitrogens with zero attached hydrogens (tertiary/aromatic N) is 2. The standard InChI is InChI=1S/C16H24N2O3/c1-4-8-16(15(20)21)9-5-10-18(11-16)14(19)13-7-6-12(2)17(13)3/h6-7H,4-5,8-11H2,1-3H3,(H,20,21). The first kappa shape index (κ1) is 15.6. The predicted molar refractivity (Wildman–Crippen MR) is 80.3 cm³/mol. The van der Waals surface area contributed by atoms with Gasteiger partial charge in [0.25, 0.3) is 5.91 Å². The van der Waals surface area contributed by atoms with Gasteiger partial charge in [0.05, 0.1) is 5.41 Å². The molecule has 21 heavy (non-hydrogen) atoms. The highest BCUT2D eigenvalue weighted by Gasteiger charge is 2.43. The third-order valence-electron chi connectivity index (χ3n) is 4.64. The van der Waals surface area contributed by atoms with Crippen molar-refractivity contribution in [2.45, 2.75) is 39.5 Å². The topological polar surface area (TPSA) is 62.5 Å². The maximum absolute atomic E-state index is 12.7. The van der Waals surface area contributed by atoms with Gasteiger partial charge in [-0.2, -0.15) is 0 Å². The van der Waals surface area contributed by atoms with Crippen LogP contribution in [-0.4, -0.2) is 39.5 Å². The highest BCUT2D eigenvalue weighted by molar-refractivity contribution is 5.93. The summed E-state index contributed by atoms with van der Waals surface area (Å²) in [6.07, 6.45) is 2.85. The number of aromatic nitrogens is 1. The molecule has 116 valence electrons. The first-order valence-electron chi connectivity index (χ1n) is 7.56. The van der Waals surface area contributed by atoms with E-state index >= 15 is 0 Å². The Morgan fingerprint density at radius 1 is 1.38 bits per heavy atom. The van der Waals surface area contributed by atoms with Crippen LogP contribution in [0.4, 0.5) is 0 Å². The van der Waals surface area contributed by atoms with Crippen LogP contribution < -0.4 is 0 Å². The number of aliphatic carboxylic acids is 1. The Hall–Kier alpha value is -1.78. The van der Waals surface area contributed by atoms with Crippen LogP contribution in [0.3, 0.4) is 0 Å². The molecule has 0 saturated carbocycles. The molecule has 0 spiro atoms. The molecule has 1 fully saturated rings. The van der Waals surface area contributed by atoms with Crippen molar-refractivity contribution in [1.29, 1.82) is 0 Å². The average molecular weight is 292 g/mol. The SMILES string of the molecule is CCCC1(C(=O)O)CCCN(C(=O)c2ccc(C)n2C)C1. The molecule has 1 aliphatic heterocycles. The smallest absolute Gasteiger partial charge is 0.311 e. The van der Waals surface area contributed by atoms with E-state index in [2.05, 4.69) is 0 Å². The van der Waals surface area contributed by atoms with Gasteiger partial charge in [0, 0.05) is 25.8 Å². The van der Waals surface area contributed by atoms with Gasteiger partial charge in [-0.1, -0.05) is 13.3 Å². The summed E-state index contributed by atoms with van der Waals surface area (Å²) in [4.78, 5) is 26.1. The first-order valence-corrected chi connectivity index (χ1v) is 7.56. The quantitative estimate of drug-likeness (QED) is 0.927. The molecular weight excluding hydrogens is 268 g/mol. The van der Waals surface area contributed by atoms with Gasteiger partial charge >= 0.3 is 5.97 Å². The molecule has 1 saturated heterocycles. The lowest BCUT2D eigenvalue weighted by Crippen LogP contribution is -2.50. The summed E-state index contributed by atoms with van der Waals surface area (Å²) in [5, 5.41) is 9.61. The third kappa shape index (κ3) is 2.82. The minimum atomic E-state index is -0.775. The van der Waals surface area contributed by atoms with Crippen LogP contribution in [0.2, 0.25) is 0 Å². The fourth-order valence-corrected chi connectivity index (χ4v) is 3.26. The number of hydrogen-bond donors (Lipinski definition) is 1. The zero-order valence-corrected chi connectivity index (χ0v) is 13.1. The molecule has 5 nitrogen and oxygen atoms in total. The van der Waals surface area contributed by atoms with Crippen LogP contribution in [0.1, 0.15) is 48.8 Å². The highest BCUT2D eigenvalue weighted by Crippen LogP contribution is 2.35. The normalized spacial score (nSPS) is 22.3. The maximum Gasteiger partial charge on any atom is 0.311 e. The molecule has 1 N–H and O–H groups in total. The van der Waals surface area contributed by atoms with E-state index in [1.165, 1.54) is 0 Å². The summed E-state index contributed by atoms with van der Waals surface area (Å²) in [6, 6.07) is 3.72. The van der Waals surface area contributed by atoms with Crippen molar-refractivity contribution in [3.8, 4) is 0 Å². The lowest BCUT2D eigenvalue weighted by molar-refractivity contribution is -0.152. The number of amides is 1. The minimum Gasteiger partial charge on any atom is -0.481 e. The summed E-state index contributed by atoms with van der Waals surface area (Å²) in [5.41, 5.74) is 0.877. The van der Waals surface area contributed by atoms with Gasteiger partial charge in [0.15, 0.2) is 0 Å². The Balaban J connectivity index is 2.22. The van der Waals surface area contributed by atoms with Crippen molar-refractivity contribution in [3.05, 3.63) is 23.5 Å². The van der Waals surface area contributed by atoms with Crippen molar-refractivity contribution >= 4 is 11.9 Å². The highest BCUT2D eigenvalue weighted by atomic mass is 16.4. The zero-order chi connectivity index (χ0) is 15.6. The van der Waals surface area contributed by atoms with Gasteiger partial charge in [-0.05, 0) is 38.3 Å². The van der Waals surface area contributed by atoms with E-state index in [-0.39, 0.29) is 5.91 Å². The van der Waals surface area contributed by atoms with Gasteiger partial charge in [0.2, 0.25) is 0 Å². The van der Waals surface area contributed by atoms with Gasteiger partial charge < -0.3 is 14.6 Å². The van der Waals surface area contributed by atoms with Crippen LogP contribution in [0.25, 0.3) is 0 Å². The molecule has 1 amide bonds. The Morgan fingerprint density at radius 3 is 2.62 bits per heavy atom. The van der Waals surface area contributed by atoms with E-state index in [0.29, 0.717) is 31.6 Å². The summed E-state index contributed by atoms with van der Waals surface area (Å²) in [7, 11) is 1.86. The number of aryl methyl sites for hydroxylation is 1. The summed E-state index contributed by atoms with van der Waals surface area (Å²) in [5.74, 6) is -0.836. The average Bonchev–Trinajstić information content (AvgIpc) is 2.79. The lowest BCUT2D eigenvalue weighted by atomic mass is 9.76. The predicted octanol–water partition coefficient (Wildman–Crippen LogP) is 2.44. The maximum atomic E-state index is 12.7. The molecule has 0 radical (unpaired) electrons. The van der Waals surface area contributed by atoms with Crippen molar-refractivity contribution < 1.29 is 14.7 Å². The molecule has 5 heteroatoms. The van der Waals surface area contributed by atoms with Gasteiger partial charge in [0.1, 0.15) is 5.69 Å². The molecule has 1 aromatic rings. The Bertz CT molecular complexity index is 546. The van der Waals surface area contributed by atoms with E-state index in [4.69, 9.17) is 0 Å². The number of carbonyl (C=O) groups is 2. The first-order chi connectivity index (χ1) is 9.91. The summed E-state index contributed by atoms with van der Waals surface area (Å²) in [6.45, 7) is 4.90. The van der Waals surface area contributed by atoms with E-state index in [9.17, 15) is 14.7 Å². The number of likely N-dealkylation sites (tertiary alicyclic amines) is 1. The minimum absolute atomic E-state index is 0.0629. The lowest BCUT2D eigenvalue weighted by Gasteiger charge is -2.40. The van der Waals surface area contributed by atoms with Crippen molar-refractivity contribution in [2.75, 3.05) is 13.1 Å². The molecule has 1 atom stereocenters. The Labute approximate surface area is 125 Å². The molecule has 1 unspecified atom stereocenters. The number of rotatable bonds is 4.